The molecule has 1 spiro atoms. The number of carbonyl (C=O) groups excluding carboxylic acids is 2. The van der Waals surface area contributed by atoms with Gasteiger partial charge in [0.2, 0.25) is 5.91 Å². The molecule has 9 N–H and O–H groups in total. The molecule has 2 bridgehead atoms. The van der Waals surface area contributed by atoms with E-state index in [1.54, 1.807) is 0 Å². The van der Waals surface area contributed by atoms with Crippen LogP contribution in [0.3, 0.4) is 0 Å². The third-order valence-corrected chi connectivity index (χ3v) is 17.3. The normalized spacial score (nSPS) is 36.1. The summed E-state index contributed by atoms with van der Waals surface area (Å²) >= 11 is 0. The molecule has 3 heterocycles. The minimum Gasteiger partial charge on any atom is -0.393 e. The van der Waals surface area contributed by atoms with Gasteiger partial charge in [0.1, 0.15) is 18.8 Å². The first-order chi connectivity index (χ1) is 34.1. The van der Waals surface area contributed by atoms with Gasteiger partial charge in [0, 0.05) is 36.8 Å². The quantitative estimate of drug-likeness (QED) is 0.114. The maximum atomic E-state index is 14.9. The predicted octanol–water partition coefficient (Wildman–Crippen LogP) is 7.39. The summed E-state index contributed by atoms with van der Waals surface area (Å²) in [4.78, 5) is 28.6. The highest BCUT2D eigenvalue weighted by molar-refractivity contribution is 5.98. The van der Waals surface area contributed by atoms with Crippen molar-refractivity contribution >= 4 is 11.7 Å². The largest absolute Gasteiger partial charge is 0.393 e. The smallest absolute Gasteiger partial charge is 0.243 e. The number of aliphatic hydroxyl groups is 4. The number of benzene rings is 2. The second kappa shape index (κ2) is 23.6. The molecule has 71 heavy (non-hydrogen) atoms. The molecule has 3 aliphatic heterocycles. The molecule has 11 heteroatoms. The number of aryl methyl sites for hydroxylation is 1. The lowest BCUT2D eigenvalue weighted by Crippen LogP contribution is -2.59. The Morgan fingerprint density at radius 1 is 0.944 bits per heavy atom. The van der Waals surface area contributed by atoms with Crippen molar-refractivity contribution in [2.75, 3.05) is 26.3 Å². The fraction of sp³-hybridized carbons (Fsp3) is 0.567. The number of amides is 1. The van der Waals surface area contributed by atoms with Crippen molar-refractivity contribution in [3.8, 4) is 11.8 Å². The SMILES string of the molecule is C=C1/C=C/C=C(\[C@H]2CC[C@@]3([C@@H]4CC[C@H](O)Cc5cccc(c5)CC[C@H](O)CN[C@@H]5C(=O)N[C@H](N)c6cccc(c65)CC(=O)/C(C)=C/4CC[C@@]3(C)O)[C@@H]2O)COCC#CC/C(C)=C/C[C@@H]1NCC1CCCC1. The van der Waals surface area contributed by atoms with E-state index in [9.17, 15) is 30.0 Å². The van der Waals surface area contributed by atoms with Gasteiger partial charge in [-0.05, 0) is 161 Å². The second-order valence-electron chi connectivity index (χ2n) is 22.0. The van der Waals surface area contributed by atoms with E-state index in [4.69, 9.17) is 10.5 Å². The van der Waals surface area contributed by atoms with E-state index in [-0.39, 0.29) is 49.8 Å². The van der Waals surface area contributed by atoms with Crippen LogP contribution >= 0.6 is 0 Å². The molecule has 3 aliphatic carbocycles. The zero-order chi connectivity index (χ0) is 50.3. The molecule has 0 aromatic heterocycles. The molecule has 2 aromatic rings. The van der Waals surface area contributed by atoms with Gasteiger partial charge in [-0.15, -0.1) is 0 Å². The Hall–Kier alpha value is -4.48. The van der Waals surface area contributed by atoms with Crippen LogP contribution in [0.1, 0.15) is 144 Å². The monoisotopic (exact) mass is 969 g/mol. The highest BCUT2D eigenvalue weighted by atomic mass is 16.5. The maximum absolute atomic E-state index is 14.9. The Labute approximate surface area is 422 Å². The van der Waals surface area contributed by atoms with Gasteiger partial charge in [-0.3, -0.25) is 14.9 Å². The number of hydrogen-bond acceptors (Lipinski definition) is 10. The lowest BCUT2D eigenvalue weighted by molar-refractivity contribution is -0.168. The lowest BCUT2D eigenvalue weighted by atomic mass is 9.52. The van der Waals surface area contributed by atoms with Gasteiger partial charge in [0.15, 0.2) is 5.78 Å². The van der Waals surface area contributed by atoms with E-state index >= 15 is 0 Å². The van der Waals surface area contributed by atoms with Gasteiger partial charge < -0.3 is 41.5 Å². The van der Waals surface area contributed by atoms with Crippen molar-refractivity contribution in [2.45, 2.75) is 166 Å². The summed E-state index contributed by atoms with van der Waals surface area (Å²) in [5, 5.41) is 59.0. The van der Waals surface area contributed by atoms with Crippen LogP contribution in [-0.4, -0.2) is 88.4 Å². The van der Waals surface area contributed by atoms with Crippen LogP contribution in [0.2, 0.25) is 0 Å². The molecule has 382 valence electrons. The topological polar surface area (TPSA) is 186 Å². The van der Waals surface area contributed by atoms with Gasteiger partial charge in [0.25, 0.3) is 0 Å². The molecule has 3 saturated carbocycles. The van der Waals surface area contributed by atoms with Gasteiger partial charge in [0.05, 0.1) is 30.5 Å². The van der Waals surface area contributed by atoms with Gasteiger partial charge >= 0.3 is 0 Å². The molecule has 0 unspecified atom stereocenters. The van der Waals surface area contributed by atoms with Crippen LogP contribution in [0.5, 0.6) is 0 Å². The van der Waals surface area contributed by atoms with E-state index in [0.29, 0.717) is 92.4 Å². The van der Waals surface area contributed by atoms with Crippen LogP contribution in [0.15, 0.2) is 101 Å². The molecule has 11 nitrogen and oxygen atoms in total. The standard InChI is InChI=1S/C60H80N4O7/c1-38-12-7-8-31-71-37-45(19-9-13-39(2)52(26-21-38)62-35-42-14-5-6-15-42)49-28-30-60(56(49)68)51-25-24-46(65)33-43-17-10-16-41(32-43)22-23-47(66)36-63-55-54-44(18-11-20-50(54)57(61)64-58(55)69)34-53(67)40(3)48(51)27-29-59(60,4)70/h9-11,13,16-21,32,42,46-47,49,51-52,55-57,62-63,65-66,68,70H,2,5-6,12,14-15,22-31,33-37,61H2,1,3-4H3,(H,64,69)/b13-9+,38-21+,45-19-,48-40+/t46-,47-,49+,51+,52-,55-,56+,57-,59+,60+/m0/s1. The zero-order valence-electron chi connectivity index (χ0n) is 42.5. The van der Waals surface area contributed by atoms with Crippen molar-refractivity contribution in [3.63, 3.8) is 0 Å². The third-order valence-electron chi connectivity index (χ3n) is 17.3. The average Bonchev–Trinajstić information content (AvgIpc) is 3.99. The fourth-order valence-electron chi connectivity index (χ4n) is 13.1. The van der Waals surface area contributed by atoms with Crippen molar-refractivity contribution in [3.05, 3.63) is 129 Å². The summed E-state index contributed by atoms with van der Waals surface area (Å²) in [6, 6.07) is 13.0. The minimum absolute atomic E-state index is 0.00906. The molecular weight excluding hydrogens is 889 g/mol. The number of allylic oxidation sites excluding steroid dienone is 5. The van der Waals surface area contributed by atoms with Crippen LogP contribution in [0, 0.1) is 35.0 Å². The molecule has 10 atom stereocenters. The number of rotatable bonds is 4. The van der Waals surface area contributed by atoms with E-state index in [1.165, 1.54) is 31.3 Å². The third kappa shape index (κ3) is 12.1. The predicted molar refractivity (Wildman–Crippen MR) is 280 cm³/mol. The van der Waals surface area contributed by atoms with Gasteiger partial charge in [-0.1, -0.05) is 109 Å². The first-order valence-corrected chi connectivity index (χ1v) is 26.6. The molecule has 0 radical (unpaired) electrons. The Morgan fingerprint density at radius 2 is 1.73 bits per heavy atom. The number of β-amino-alcohol motifs (C(OH)–C–C–N with tert-alkyl or cyclic N) is 1. The van der Waals surface area contributed by atoms with Crippen molar-refractivity contribution < 1.29 is 34.8 Å². The van der Waals surface area contributed by atoms with Crippen LogP contribution < -0.4 is 21.7 Å². The number of carbonyl (C=O) groups is 2. The lowest BCUT2D eigenvalue weighted by Gasteiger charge is -2.56. The molecular formula is C60H80N4O7. The van der Waals surface area contributed by atoms with Crippen LogP contribution in [-0.2, 0) is 33.6 Å². The number of ketones is 1. The number of nitrogens with one attached hydrogen (secondary N) is 3. The number of Topliss-reactive ketones (excluding diaryl/α,β-unsaturated/α-hetero) is 1. The molecule has 2 aromatic carbocycles. The van der Waals surface area contributed by atoms with Crippen molar-refractivity contribution in [1.82, 2.24) is 16.0 Å². The van der Waals surface area contributed by atoms with Crippen LogP contribution in [0.25, 0.3) is 0 Å². The minimum atomic E-state index is -1.31. The Kier molecular flexibility index (Phi) is 17.6. The van der Waals surface area contributed by atoms with E-state index in [2.05, 4.69) is 65.6 Å². The first-order valence-electron chi connectivity index (χ1n) is 26.6. The van der Waals surface area contributed by atoms with E-state index < -0.39 is 47.5 Å². The Bertz CT molecular complexity index is 2450. The number of aliphatic hydroxyl groups excluding tert-OH is 3. The van der Waals surface area contributed by atoms with E-state index in [1.807, 2.05) is 56.3 Å². The molecule has 8 rings (SSSR count). The second-order valence-corrected chi connectivity index (χ2v) is 22.0. The fourth-order valence-corrected chi connectivity index (χ4v) is 13.1. The summed E-state index contributed by atoms with van der Waals surface area (Å²) in [5.74, 6) is 5.95. The Balaban J connectivity index is 1.15. The van der Waals surface area contributed by atoms with Crippen LogP contribution in [0.4, 0.5) is 0 Å². The zero-order valence-corrected chi connectivity index (χ0v) is 42.5. The summed E-state index contributed by atoms with van der Waals surface area (Å²) in [6.07, 6.45) is 16.0. The van der Waals surface area contributed by atoms with E-state index in [0.717, 1.165) is 40.8 Å². The first kappa shape index (κ1) is 52.8. The Morgan fingerprint density at radius 3 is 2.55 bits per heavy atom. The average molecular weight is 969 g/mol. The highest BCUT2D eigenvalue weighted by Gasteiger charge is 2.64. The molecule has 6 aliphatic rings. The summed E-state index contributed by atoms with van der Waals surface area (Å²) < 4.78 is 6.26. The van der Waals surface area contributed by atoms with Crippen molar-refractivity contribution in [1.29, 1.82) is 0 Å². The number of hydrogen-bond donors (Lipinski definition) is 8. The van der Waals surface area contributed by atoms with Gasteiger partial charge in [-0.25, -0.2) is 0 Å². The summed E-state index contributed by atoms with van der Waals surface area (Å²) in [7, 11) is 0. The number of ether oxygens (including phenoxy) is 1. The highest BCUT2D eigenvalue weighted by Crippen LogP contribution is 2.63. The van der Waals surface area contributed by atoms with Gasteiger partial charge in [-0.2, -0.15) is 0 Å². The molecule has 0 saturated heterocycles. The number of fused-ring (bicyclic) bond motifs is 4. The summed E-state index contributed by atoms with van der Waals surface area (Å²) in [5.41, 5.74) is 12.8. The summed E-state index contributed by atoms with van der Waals surface area (Å²) in [6.45, 7) is 12.0. The van der Waals surface area contributed by atoms with Crippen molar-refractivity contribution in [2.24, 2.45) is 28.9 Å². The molecule has 3 fully saturated rings. The number of nitrogens with two attached hydrogens (primary N) is 1. The molecule has 1 amide bonds. The maximum Gasteiger partial charge on any atom is 0.243 e.